The molecule has 88 valence electrons. The van der Waals surface area contributed by atoms with Gasteiger partial charge in [-0.25, -0.2) is 4.39 Å². The zero-order chi connectivity index (χ0) is 12.3. The van der Waals surface area contributed by atoms with Crippen molar-refractivity contribution in [1.82, 2.24) is 0 Å². The van der Waals surface area contributed by atoms with Crippen LogP contribution in [0, 0.1) is 9.39 Å². The third-order valence-electron chi connectivity index (χ3n) is 2.33. The van der Waals surface area contributed by atoms with Gasteiger partial charge in [0.25, 0.3) is 0 Å². The minimum atomic E-state index is -0.243. The molecule has 0 heterocycles. The maximum atomic E-state index is 13.4. The Morgan fingerprint density at radius 2 is 1.82 bits per heavy atom. The minimum absolute atomic E-state index is 0.243. The van der Waals surface area contributed by atoms with Crippen LogP contribution in [0.1, 0.15) is 5.56 Å². The van der Waals surface area contributed by atoms with Crippen LogP contribution in [0.3, 0.4) is 0 Å². The van der Waals surface area contributed by atoms with Crippen LogP contribution < -0.4 is 5.32 Å². The van der Waals surface area contributed by atoms with Gasteiger partial charge in [0.05, 0.1) is 0 Å². The molecule has 0 aliphatic heterocycles. The Balaban J connectivity index is 2.07. The number of rotatable bonds is 3. The van der Waals surface area contributed by atoms with Crippen molar-refractivity contribution < 1.29 is 4.39 Å². The van der Waals surface area contributed by atoms with Crippen molar-refractivity contribution in [3.63, 3.8) is 0 Å². The van der Waals surface area contributed by atoms with Gasteiger partial charge in [-0.2, -0.15) is 0 Å². The lowest BCUT2D eigenvalue weighted by atomic mass is 10.2. The summed E-state index contributed by atoms with van der Waals surface area (Å²) in [6.45, 7) is 0.424. The number of hydrogen-bond acceptors (Lipinski definition) is 1. The Hall–Kier alpha value is -0.810. The van der Waals surface area contributed by atoms with Gasteiger partial charge in [0, 0.05) is 26.4 Å². The van der Waals surface area contributed by atoms with E-state index in [1.54, 1.807) is 12.1 Å². The summed E-state index contributed by atoms with van der Waals surface area (Å²) in [4.78, 5) is 0. The Kier molecular flexibility index (Phi) is 4.23. The molecule has 2 aromatic carbocycles. The van der Waals surface area contributed by atoms with Crippen molar-refractivity contribution in [1.29, 1.82) is 0 Å². The fourth-order valence-corrected chi connectivity index (χ4v) is 2.00. The van der Waals surface area contributed by atoms with Crippen molar-refractivity contribution in [2.75, 3.05) is 5.32 Å². The molecule has 1 N–H and O–H groups in total. The Labute approximate surface area is 118 Å². The van der Waals surface area contributed by atoms with E-state index < -0.39 is 0 Å². The van der Waals surface area contributed by atoms with Crippen molar-refractivity contribution in [2.45, 2.75) is 6.54 Å². The second-order valence-corrected chi connectivity index (χ2v) is 5.28. The normalized spacial score (nSPS) is 10.3. The highest BCUT2D eigenvalue weighted by molar-refractivity contribution is 14.1. The fourth-order valence-electron chi connectivity index (χ4n) is 1.44. The van der Waals surface area contributed by atoms with Gasteiger partial charge in [0.2, 0.25) is 0 Å². The van der Waals surface area contributed by atoms with Crippen molar-refractivity contribution in [3.8, 4) is 0 Å². The van der Waals surface area contributed by atoms with E-state index in [9.17, 15) is 4.39 Å². The number of anilines is 1. The van der Waals surface area contributed by atoms with Crippen molar-refractivity contribution >= 4 is 39.9 Å². The summed E-state index contributed by atoms with van der Waals surface area (Å²) in [6, 6.07) is 12.5. The summed E-state index contributed by atoms with van der Waals surface area (Å²) in [5.74, 6) is -0.243. The highest BCUT2D eigenvalue weighted by Gasteiger charge is 2.02. The van der Waals surface area contributed by atoms with Gasteiger partial charge in [-0.15, -0.1) is 0 Å². The summed E-state index contributed by atoms with van der Waals surface area (Å²) >= 11 is 8.06. The average molecular weight is 362 g/mol. The molecule has 2 rings (SSSR count). The first-order valence-electron chi connectivity index (χ1n) is 5.08. The number of benzene rings is 2. The molecule has 0 radical (unpaired) electrons. The molecule has 2 aromatic rings. The molecule has 0 spiro atoms. The molecule has 0 bridgehead atoms. The Morgan fingerprint density at radius 3 is 2.53 bits per heavy atom. The van der Waals surface area contributed by atoms with E-state index in [0.717, 1.165) is 5.69 Å². The summed E-state index contributed by atoms with van der Waals surface area (Å²) < 4.78 is 14.6. The molecule has 0 aliphatic rings. The number of nitrogens with one attached hydrogen (secondary N) is 1. The third kappa shape index (κ3) is 3.57. The van der Waals surface area contributed by atoms with E-state index in [4.69, 9.17) is 11.6 Å². The van der Waals surface area contributed by atoms with Gasteiger partial charge in [0.1, 0.15) is 5.82 Å². The zero-order valence-corrected chi connectivity index (χ0v) is 11.8. The van der Waals surface area contributed by atoms with Gasteiger partial charge in [-0.1, -0.05) is 11.6 Å². The summed E-state index contributed by atoms with van der Waals surface area (Å²) in [6.07, 6.45) is 0. The molecular weight excluding hydrogens is 352 g/mol. The van der Waals surface area contributed by atoms with E-state index in [-0.39, 0.29) is 5.82 Å². The fraction of sp³-hybridized carbons (Fsp3) is 0.0769. The quantitative estimate of drug-likeness (QED) is 0.782. The van der Waals surface area contributed by atoms with Gasteiger partial charge >= 0.3 is 0 Å². The van der Waals surface area contributed by atoms with Crippen LogP contribution in [0.5, 0.6) is 0 Å². The van der Waals surface area contributed by atoms with Crippen LogP contribution in [0.2, 0.25) is 5.02 Å². The predicted octanol–water partition coefficient (Wildman–Crippen LogP) is 4.70. The lowest BCUT2D eigenvalue weighted by Crippen LogP contribution is -2.01. The third-order valence-corrected chi connectivity index (χ3v) is 3.29. The molecule has 0 atom stereocenters. The smallest absolute Gasteiger partial charge is 0.128 e. The molecule has 4 heteroatoms. The molecule has 0 aromatic heterocycles. The first kappa shape index (κ1) is 12.6. The van der Waals surface area contributed by atoms with E-state index in [1.165, 1.54) is 9.64 Å². The van der Waals surface area contributed by atoms with E-state index in [2.05, 4.69) is 27.9 Å². The highest BCUT2D eigenvalue weighted by atomic mass is 127. The second kappa shape index (κ2) is 5.69. The maximum Gasteiger partial charge on any atom is 0.128 e. The van der Waals surface area contributed by atoms with E-state index >= 15 is 0 Å². The summed E-state index contributed by atoms with van der Waals surface area (Å²) in [5, 5.41) is 3.70. The molecular formula is C13H10ClFIN. The summed E-state index contributed by atoms with van der Waals surface area (Å²) in [7, 11) is 0. The molecule has 0 amide bonds. The molecule has 0 saturated carbocycles. The highest BCUT2D eigenvalue weighted by Crippen LogP contribution is 2.17. The molecule has 1 nitrogen and oxygen atoms in total. The average Bonchev–Trinajstić information content (AvgIpc) is 2.32. The van der Waals surface area contributed by atoms with Crippen LogP contribution in [0.25, 0.3) is 0 Å². The molecule has 0 aliphatic carbocycles. The van der Waals surface area contributed by atoms with Crippen LogP contribution in [-0.2, 0) is 6.54 Å². The largest absolute Gasteiger partial charge is 0.381 e. The van der Waals surface area contributed by atoms with E-state index in [1.807, 2.05) is 24.3 Å². The van der Waals surface area contributed by atoms with Crippen LogP contribution in [0.15, 0.2) is 42.5 Å². The first-order chi connectivity index (χ1) is 8.15. The first-order valence-corrected chi connectivity index (χ1v) is 6.54. The second-order valence-electron chi connectivity index (χ2n) is 3.60. The molecule has 17 heavy (non-hydrogen) atoms. The standard InChI is InChI=1S/C13H10ClFIN/c14-10-1-6-13(15)9(7-10)8-17-12-4-2-11(16)3-5-12/h1-7,17H,8H2. The molecule has 0 saturated heterocycles. The number of hydrogen-bond donors (Lipinski definition) is 1. The topological polar surface area (TPSA) is 12.0 Å². The minimum Gasteiger partial charge on any atom is -0.381 e. The lowest BCUT2D eigenvalue weighted by Gasteiger charge is -2.08. The Bertz CT molecular complexity index is 513. The van der Waals surface area contributed by atoms with Gasteiger partial charge in [0.15, 0.2) is 0 Å². The zero-order valence-electron chi connectivity index (χ0n) is 8.88. The van der Waals surface area contributed by atoms with Crippen molar-refractivity contribution in [2.24, 2.45) is 0 Å². The van der Waals surface area contributed by atoms with E-state index in [0.29, 0.717) is 17.1 Å². The predicted molar refractivity (Wildman–Crippen MR) is 77.9 cm³/mol. The Morgan fingerprint density at radius 1 is 1.12 bits per heavy atom. The monoisotopic (exact) mass is 361 g/mol. The van der Waals surface area contributed by atoms with Crippen LogP contribution >= 0.6 is 34.2 Å². The molecule has 0 unspecified atom stereocenters. The van der Waals surface area contributed by atoms with Crippen LogP contribution in [0.4, 0.5) is 10.1 Å². The SMILES string of the molecule is Fc1ccc(Cl)cc1CNc1ccc(I)cc1. The number of halogens is 3. The lowest BCUT2D eigenvalue weighted by molar-refractivity contribution is 0.613. The van der Waals surface area contributed by atoms with Gasteiger partial charge in [-0.05, 0) is 65.1 Å². The maximum absolute atomic E-state index is 13.4. The van der Waals surface area contributed by atoms with Crippen LogP contribution in [-0.4, -0.2) is 0 Å². The van der Waals surface area contributed by atoms with Gasteiger partial charge in [-0.3, -0.25) is 0 Å². The molecule has 0 fully saturated rings. The van der Waals surface area contributed by atoms with Crippen molar-refractivity contribution in [3.05, 3.63) is 62.4 Å². The van der Waals surface area contributed by atoms with Gasteiger partial charge < -0.3 is 5.32 Å². The summed E-state index contributed by atoms with van der Waals surface area (Å²) in [5.41, 5.74) is 1.53.